The number of amides is 1. The highest BCUT2D eigenvalue weighted by atomic mass is 16.3. The number of imidazole rings is 1. The van der Waals surface area contributed by atoms with E-state index >= 15 is 0 Å². The third-order valence-electron chi connectivity index (χ3n) is 3.81. The van der Waals surface area contributed by atoms with Crippen LogP contribution in [0.5, 0.6) is 0 Å². The Labute approximate surface area is 110 Å². The molecule has 3 heterocycles. The number of hydrogen-bond acceptors (Lipinski definition) is 4. The van der Waals surface area contributed by atoms with Gasteiger partial charge in [-0.05, 0) is 13.0 Å². The van der Waals surface area contributed by atoms with Crippen LogP contribution >= 0.6 is 0 Å². The van der Waals surface area contributed by atoms with Gasteiger partial charge >= 0.3 is 0 Å². The zero-order chi connectivity index (χ0) is 13.6. The molecule has 1 N–H and O–H groups in total. The minimum atomic E-state index is -0.826. The van der Waals surface area contributed by atoms with Crippen LogP contribution in [-0.4, -0.2) is 49.0 Å². The van der Waals surface area contributed by atoms with Crippen molar-refractivity contribution in [1.82, 2.24) is 19.3 Å². The number of carbonyl (C=O) groups excluding carboxylic acids is 1. The van der Waals surface area contributed by atoms with Crippen molar-refractivity contribution in [2.45, 2.75) is 19.4 Å². The van der Waals surface area contributed by atoms with Gasteiger partial charge in [-0.15, -0.1) is 0 Å². The van der Waals surface area contributed by atoms with Gasteiger partial charge in [-0.3, -0.25) is 9.20 Å². The van der Waals surface area contributed by atoms with E-state index in [4.69, 9.17) is 0 Å². The van der Waals surface area contributed by atoms with Crippen LogP contribution in [0.2, 0.25) is 0 Å². The molecule has 1 aliphatic rings. The molecule has 2 aromatic rings. The van der Waals surface area contributed by atoms with E-state index < -0.39 is 5.60 Å². The summed E-state index contributed by atoms with van der Waals surface area (Å²) in [5.41, 5.74) is -0.462. The number of β-amino-alcohol motifs (C(OH)–C–C–N with tert-alkyl or cyclic N) is 1. The van der Waals surface area contributed by atoms with E-state index in [-0.39, 0.29) is 11.8 Å². The summed E-state index contributed by atoms with van der Waals surface area (Å²) >= 11 is 0. The van der Waals surface area contributed by atoms with Crippen LogP contribution in [0.4, 0.5) is 0 Å². The van der Waals surface area contributed by atoms with E-state index in [1.54, 1.807) is 40.9 Å². The van der Waals surface area contributed by atoms with Gasteiger partial charge < -0.3 is 10.0 Å². The third kappa shape index (κ3) is 1.98. The molecule has 0 bridgehead atoms. The Morgan fingerprint density at radius 1 is 1.58 bits per heavy atom. The summed E-state index contributed by atoms with van der Waals surface area (Å²) < 4.78 is 1.71. The first-order valence-electron chi connectivity index (χ1n) is 6.29. The van der Waals surface area contributed by atoms with Crippen LogP contribution < -0.4 is 0 Å². The van der Waals surface area contributed by atoms with Crippen molar-refractivity contribution in [1.29, 1.82) is 0 Å². The molecule has 0 radical (unpaired) electrons. The first-order valence-corrected chi connectivity index (χ1v) is 6.29. The predicted octanol–water partition coefficient (Wildman–Crippen LogP) is 0.572. The molecule has 0 aliphatic carbocycles. The monoisotopic (exact) mass is 260 g/mol. The fraction of sp³-hybridized carbons (Fsp3) is 0.462. The predicted molar refractivity (Wildman–Crippen MR) is 68.7 cm³/mol. The molecule has 1 aliphatic heterocycles. The maximum Gasteiger partial charge on any atom is 0.274 e. The van der Waals surface area contributed by atoms with Gasteiger partial charge in [-0.1, -0.05) is 6.92 Å². The Bertz CT molecular complexity index is 601. The molecule has 1 fully saturated rings. The molecule has 6 nitrogen and oxygen atoms in total. The van der Waals surface area contributed by atoms with Crippen LogP contribution in [0.1, 0.15) is 24.3 Å². The summed E-state index contributed by atoms with van der Waals surface area (Å²) in [5, 5.41) is 10.1. The summed E-state index contributed by atoms with van der Waals surface area (Å²) in [5.74, 6) is 0.409. The highest BCUT2D eigenvalue weighted by Gasteiger charge is 2.41. The van der Waals surface area contributed by atoms with Crippen LogP contribution in [0, 0.1) is 5.92 Å². The lowest BCUT2D eigenvalue weighted by molar-refractivity contribution is 0.0350. The van der Waals surface area contributed by atoms with E-state index in [1.165, 1.54) is 0 Å². The second-order valence-corrected chi connectivity index (χ2v) is 5.40. The van der Waals surface area contributed by atoms with Gasteiger partial charge in [-0.25, -0.2) is 9.97 Å². The Morgan fingerprint density at radius 3 is 3.00 bits per heavy atom. The highest BCUT2D eigenvalue weighted by Crippen LogP contribution is 2.27. The highest BCUT2D eigenvalue weighted by molar-refractivity contribution is 5.93. The van der Waals surface area contributed by atoms with E-state index in [9.17, 15) is 9.90 Å². The molecular formula is C13H16N4O2. The molecule has 1 amide bonds. The summed E-state index contributed by atoms with van der Waals surface area (Å²) in [6, 6.07) is 1.78. The fourth-order valence-corrected chi connectivity index (χ4v) is 2.38. The van der Waals surface area contributed by atoms with Crippen molar-refractivity contribution < 1.29 is 9.90 Å². The second kappa shape index (κ2) is 4.03. The summed E-state index contributed by atoms with van der Waals surface area (Å²) in [6.07, 6.45) is 5.11. The molecule has 0 aromatic carbocycles. The number of rotatable bonds is 1. The van der Waals surface area contributed by atoms with Gasteiger partial charge in [0, 0.05) is 37.6 Å². The maximum absolute atomic E-state index is 12.4. The molecule has 0 saturated carbocycles. The Balaban J connectivity index is 1.88. The van der Waals surface area contributed by atoms with Crippen molar-refractivity contribution >= 4 is 11.7 Å². The number of aromatic nitrogens is 3. The number of fused-ring (bicyclic) bond motifs is 1. The fourth-order valence-electron chi connectivity index (χ4n) is 2.38. The van der Waals surface area contributed by atoms with Crippen molar-refractivity contribution in [3.63, 3.8) is 0 Å². The van der Waals surface area contributed by atoms with Crippen LogP contribution in [0.25, 0.3) is 5.78 Å². The Morgan fingerprint density at radius 2 is 2.37 bits per heavy atom. The maximum atomic E-state index is 12.4. The van der Waals surface area contributed by atoms with Crippen molar-refractivity contribution in [3.8, 4) is 0 Å². The lowest BCUT2D eigenvalue weighted by Gasteiger charge is -2.20. The van der Waals surface area contributed by atoms with E-state index in [1.807, 2.05) is 6.92 Å². The Kier molecular flexibility index (Phi) is 2.56. The number of aliphatic hydroxyl groups is 1. The van der Waals surface area contributed by atoms with Crippen molar-refractivity contribution in [2.75, 3.05) is 13.1 Å². The lowest BCUT2D eigenvalue weighted by Crippen LogP contribution is -2.35. The zero-order valence-electron chi connectivity index (χ0n) is 10.9. The third-order valence-corrected chi connectivity index (χ3v) is 3.81. The molecule has 6 heteroatoms. The zero-order valence-corrected chi connectivity index (χ0v) is 10.9. The van der Waals surface area contributed by atoms with Crippen LogP contribution in [0.15, 0.2) is 24.7 Å². The first kappa shape index (κ1) is 12.1. The molecule has 2 atom stereocenters. The van der Waals surface area contributed by atoms with Gasteiger partial charge in [0.2, 0.25) is 5.78 Å². The minimum absolute atomic E-state index is 0.0617. The molecule has 1 saturated heterocycles. The van der Waals surface area contributed by atoms with E-state index in [2.05, 4.69) is 9.97 Å². The van der Waals surface area contributed by atoms with Crippen molar-refractivity contribution in [2.24, 2.45) is 5.92 Å². The smallest absolute Gasteiger partial charge is 0.274 e. The van der Waals surface area contributed by atoms with Gasteiger partial charge in [0.15, 0.2) is 0 Å². The molecule has 19 heavy (non-hydrogen) atoms. The van der Waals surface area contributed by atoms with Gasteiger partial charge in [-0.2, -0.15) is 0 Å². The molecule has 0 unspecified atom stereocenters. The number of hydrogen-bond donors (Lipinski definition) is 1. The number of nitrogens with zero attached hydrogens (tertiary/aromatic N) is 4. The standard InChI is InChI=1S/C13H16N4O2/c1-9-6-17(8-13(9,2)19)11(18)10-7-16-5-3-4-14-12(16)15-10/h3-5,7,9,19H,6,8H2,1-2H3/t9-,13+/m1/s1. The molecule has 0 spiro atoms. The van der Waals surface area contributed by atoms with Gasteiger partial charge in [0.05, 0.1) is 5.60 Å². The summed E-state index contributed by atoms with van der Waals surface area (Å²) in [4.78, 5) is 22.3. The van der Waals surface area contributed by atoms with Crippen LogP contribution in [0.3, 0.4) is 0 Å². The van der Waals surface area contributed by atoms with Crippen LogP contribution in [-0.2, 0) is 0 Å². The molecular weight excluding hydrogens is 244 g/mol. The molecule has 100 valence electrons. The largest absolute Gasteiger partial charge is 0.388 e. The summed E-state index contributed by atoms with van der Waals surface area (Å²) in [7, 11) is 0. The number of likely N-dealkylation sites (tertiary alicyclic amines) is 1. The van der Waals surface area contributed by atoms with Gasteiger partial charge in [0.1, 0.15) is 5.69 Å². The van der Waals surface area contributed by atoms with E-state index in [0.29, 0.717) is 24.6 Å². The van der Waals surface area contributed by atoms with Crippen molar-refractivity contribution in [3.05, 3.63) is 30.4 Å². The average molecular weight is 260 g/mol. The van der Waals surface area contributed by atoms with E-state index in [0.717, 1.165) is 0 Å². The number of carbonyl (C=O) groups is 1. The second-order valence-electron chi connectivity index (χ2n) is 5.40. The summed E-state index contributed by atoms with van der Waals surface area (Å²) in [6.45, 7) is 4.59. The minimum Gasteiger partial charge on any atom is -0.388 e. The van der Waals surface area contributed by atoms with Gasteiger partial charge in [0.25, 0.3) is 5.91 Å². The molecule has 2 aromatic heterocycles. The average Bonchev–Trinajstić information content (AvgIpc) is 2.90. The normalized spacial score (nSPS) is 27.1. The molecule has 3 rings (SSSR count). The lowest BCUT2D eigenvalue weighted by atomic mass is 9.95. The quantitative estimate of drug-likeness (QED) is 0.814. The SMILES string of the molecule is C[C@@H]1CN(C(=O)c2cn3cccnc3n2)C[C@]1(C)O. The Hall–Kier alpha value is -1.95. The topological polar surface area (TPSA) is 70.7 Å². The first-order chi connectivity index (χ1) is 8.97.